The average molecular weight is 372 g/mol. The molecule has 0 fully saturated rings. The molecule has 3 heteroatoms. The molecule has 1 unspecified atom stereocenters. The average Bonchev–Trinajstić information content (AvgIpc) is 2.37. The van der Waals surface area contributed by atoms with Gasteiger partial charge in [0.2, 0.25) is 0 Å². The lowest BCUT2D eigenvalue weighted by Gasteiger charge is -2.13. The van der Waals surface area contributed by atoms with E-state index in [-0.39, 0.29) is 5.38 Å². The molecule has 0 bridgehead atoms. The Bertz CT molecular complexity index is 556. The van der Waals surface area contributed by atoms with E-state index in [1.807, 2.05) is 18.2 Å². The molecule has 0 spiro atoms. The van der Waals surface area contributed by atoms with Gasteiger partial charge in [-0.2, -0.15) is 0 Å². The molecular weight excluding hydrogens is 355 g/mol. The van der Waals surface area contributed by atoms with Crippen LogP contribution in [-0.4, -0.2) is 0 Å². The fourth-order valence-electron chi connectivity index (χ4n) is 2.21. The number of alkyl halides is 1. The van der Waals surface area contributed by atoms with Gasteiger partial charge in [-0.05, 0) is 47.2 Å². The normalized spacial score (nSPS) is 12.7. The fraction of sp³-hybridized carbons (Fsp3) is 0.294. The lowest BCUT2D eigenvalue weighted by atomic mass is 9.99. The smallest absolute Gasteiger partial charge is 0.0836 e. The largest absolute Gasteiger partial charge is 0.113 e. The molecule has 2 aromatic rings. The third-order valence-electron chi connectivity index (χ3n) is 3.09. The Labute approximate surface area is 139 Å². The second kappa shape index (κ2) is 6.98. The molecule has 0 radical (unpaired) electrons. The van der Waals surface area contributed by atoms with E-state index in [0.29, 0.717) is 10.9 Å². The molecule has 0 aliphatic carbocycles. The molecule has 2 aromatic carbocycles. The van der Waals surface area contributed by atoms with E-state index < -0.39 is 0 Å². The second-order valence-electron chi connectivity index (χ2n) is 5.40. The summed E-state index contributed by atoms with van der Waals surface area (Å²) < 4.78 is 0.946. The molecule has 20 heavy (non-hydrogen) atoms. The van der Waals surface area contributed by atoms with Crippen molar-refractivity contribution in [3.05, 3.63) is 68.7 Å². The zero-order valence-electron chi connectivity index (χ0n) is 11.5. The molecule has 1 atom stereocenters. The molecule has 0 amide bonds. The van der Waals surface area contributed by atoms with Gasteiger partial charge in [0.15, 0.2) is 0 Å². The van der Waals surface area contributed by atoms with Gasteiger partial charge in [0.05, 0.1) is 5.38 Å². The zero-order chi connectivity index (χ0) is 14.7. The van der Waals surface area contributed by atoms with E-state index in [0.717, 1.165) is 22.0 Å². The number of hydrogen-bond donors (Lipinski definition) is 0. The predicted octanol–water partition coefficient (Wildman–Crippen LogP) is 6.63. The highest BCUT2D eigenvalue weighted by Crippen LogP contribution is 2.32. The van der Waals surface area contributed by atoms with Gasteiger partial charge in [-0.25, -0.2) is 0 Å². The Hall–Kier alpha value is -0.500. The highest BCUT2D eigenvalue weighted by atomic mass is 79.9. The number of benzene rings is 2. The van der Waals surface area contributed by atoms with Gasteiger partial charge in [0.1, 0.15) is 0 Å². The minimum atomic E-state index is -0.182. The molecule has 0 aromatic heterocycles. The van der Waals surface area contributed by atoms with Crippen LogP contribution in [0.25, 0.3) is 0 Å². The fourth-order valence-corrected chi connectivity index (χ4v) is 3.37. The molecular formula is C17H17BrCl2. The number of halogens is 3. The molecule has 0 saturated heterocycles. The molecule has 0 aliphatic heterocycles. The maximum absolute atomic E-state index is 6.55. The minimum Gasteiger partial charge on any atom is -0.113 e. The Morgan fingerprint density at radius 2 is 1.65 bits per heavy atom. The first-order chi connectivity index (χ1) is 9.45. The van der Waals surface area contributed by atoms with Crippen molar-refractivity contribution in [3.8, 4) is 0 Å². The lowest BCUT2D eigenvalue weighted by molar-refractivity contribution is 0.647. The highest BCUT2D eigenvalue weighted by molar-refractivity contribution is 9.10. The number of hydrogen-bond acceptors (Lipinski definition) is 0. The quantitative estimate of drug-likeness (QED) is 0.529. The first-order valence-electron chi connectivity index (χ1n) is 6.64. The van der Waals surface area contributed by atoms with E-state index in [4.69, 9.17) is 23.2 Å². The van der Waals surface area contributed by atoms with Gasteiger partial charge in [-0.3, -0.25) is 0 Å². The summed E-state index contributed by atoms with van der Waals surface area (Å²) in [7, 11) is 0. The van der Waals surface area contributed by atoms with Crippen LogP contribution >= 0.6 is 39.1 Å². The second-order valence-corrected chi connectivity index (χ2v) is 7.19. The van der Waals surface area contributed by atoms with Crippen LogP contribution in [0.3, 0.4) is 0 Å². The van der Waals surface area contributed by atoms with Crippen molar-refractivity contribution >= 4 is 39.1 Å². The van der Waals surface area contributed by atoms with E-state index in [2.05, 4.69) is 54.0 Å². The molecule has 106 valence electrons. The van der Waals surface area contributed by atoms with Crippen LogP contribution < -0.4 is 0 Å². The maximum atomic E-state index is 6.55. The van der Waals surface area contributed by atoms with Crippen molar-refractivity contribution in [3.63, 3.8) is 0 Å². The van der Waals surface area contributed by atoms with E-state index >= 15 is 0 Å². The summed E-state index contributed by atoms with van der Waals surface area (Å²) in [4.78, 5) is 0. The highest BCUT2D eigenvalue weighted by Gasteiger charge is 2.12. The number of rotatable bonds is 4. The summed E-state index contributed by atoms with van der Waals surface area (Å²) in [5.41, 5.74) is 3.44. The summed E-state index contributed by atoms with van der Waals surface area (Å²) in [5, 5.41) is 0.509. The molecule has 0 heterocycles. The van der Waals surface area contributed by atoms with Crippen LogP contribution in [-0.2, 0) is 6.42 Å². The molecule has 0 nitrogen and oxygen atoms in total. The molecule has 2 rings (SSSR count). The molecule has 0 aliphatic rings. The predicted molar refractivity (Wildman–Crippen MR) is 91.8 cm³/mol. The Morgan fingerprint density at radius 1 is 1.00 bits per heavy atom. The van der Waals surface area contributed by atoms with Crippen LogP contribution in [0.2, 0.25) is 5.02 Å². The Balaban J connectivity index is 2.22. The maximum Gasteiger partial charge on any atom is 0.0836 e. The van der Waals surface area contributed by atoms with E-state index in [9.17, 15) is 0 Å². The van der Waals surface area contributed by atoms with Gasteiger partial charge >= 0.3 is 0 Å². The third-order valence-corrected chi connectivity index (χ3v) is 4.27. The first kappa shape index (κ1) is 15.9. The Morgan fingerprint density at radius 3 is 2.20 bits per heavy atom. The lowest BCUT2D eigenvalue weighted by Crippen LogP contribution is -1.97. The van der Waals surface area contributed by atoms with Crippen LogP contribution in [0.4, 0.5) is 0 Å². The van der Waals surface area contributed by atoms with Gasteiger partial charge in [0, 0.05) is 9.50 Å². The van der Waals surface area contributed by atoms with Crippen LogP contribution in [0.5, 0.6) is 0 Å². The van der Waals surface area contributed by atoms with Crippen LogP contribution in [0, 0.1) is 5.92 Å². The summed E-state index contributed by atoms with van der Waals surface area (Å²) in [6, 6.07) is 14.3. The van der Waals surface area contributed by atoms with Crippen LogP contribution in [0.15, 0.2) is 46.9 Å². The van der Waals surface area contributed by atoms with E-state index in [1.54, 1.807) is 0 Å². The SMILES string of the molecule is CC(C)Cc1ccc(C(Cl)c2cc(Cl)cc(Br)c2)cc1. The molecule has 0 N–H and O–H groups in total. The van der Waals surface area contributed by atoms with Crippen molar-refractivity contribution < 1.29 is 0 Å². The standard InChI is InChI=1S/C17H17BrCl2/c1-11(2)7-12-3-5-13(6-4-12)17(20)14-8-15(18)10-16(19)9-14/h3-6,8-11,17H,7H2,1-2H3. The van der Waals surface area contributed by atoms with Gasteiger partial charge < -0.3 is 0 Å². The summed E-state index contributed by atoms with van der Waals surface area (Å²) in [6.45, 7) is 4.45. The third kappa shape index (κ3) is 4.25. The minimum absolute atomic E-state index is 0.182. The van der Waals surface area contributed by atoms with Crippen LogP contribution in [0.1, 0.15) is 35.9 Å². The van der Waals surface area contributed by atoms with Crippen molar-refractivity contribution in [2.24, 2.45) is 5.92 Å². The monoisotopic (exact) mass is 370 g/mol. The summed E-state index contributed by atoms with van der Waals surface area (Å²) >= 11 is 16.1. The van der Waals surface area contributed by atoms with Crippen molar-refractivity contribution in [2.45, 2.75) is 25.6 Å². The first-order valence-corrected chi connectivity index (χ1v) is 8.25. The zero-order valence-corrected chi connectivity index (χ0v) is 14.6. The molecule has 0 saturated carbocycles. The Kier molecular flexibility index (Phi) is 5.54. The van der Waals surface area contributed by atoms with Crippen molar-refractivity contribution in [1.82, 2.24) is 0 Å². The van der Waals surface area contributed by atoms with E-state index in [1.165, 1.54) is 5.56 Å². The summed E-state index contributed by atoms with van der Waals surface area (Å²) in [6.07, 6.45) is 1.09. The van der Waals surface area contributed by atoms with Crippen molar-refractivity contribution in [2.75, 3.05) is 0 Å². The topological polar surface area (TPSA) is 0 Å². The van der Waals surface area contributed by atoms with Gasteiger partial charge in [-0.15, -0.1) is 11.6 Å². The van der Waals surface area contributed by atoms with Crippen molar-refractivity contribution in [1.29, 1.82) is 0 Å². The van der Waals surface area contributed by atoms with Gasteiger partial charge in [0.25, 0.3) is 0 Å². The van der Waals surface area contributed by atoms with Gasteiger partial charge in [-0.1, -0.05) is 65.6 Å². The summed E-state index contributed by atoms with van der Waals surface area (Å²) in [5.74, 6) is 0.663.